The third kappa shape index (κ3) is 5.67. The van der Waals surface area contributed by atoms with Gasteiger partial charge < -0.3 is 9.73 Å². The monoisotopic (exact) mass is 357 g/mol. The molecule has 0 radical (unpaired) electrons. The maximum Gasteiger partial charge on any atom is 0.335 e. The molecule has 1 heterocycles. The van der Waals surface area contributed by atoms with Crippen LogP contribution in [-0.4, -0.2) is 18.3 Å². The van der Waals surface area contributed by atoms with Crippen LogP contribution in [-0.2, 0) is 0 Å². The molecule has 0 saturated heterocycles. The van der Waals surface area contributed by atoms with Crippen LogP contribution >= 0.6 is 11.8 Å². The highest BCUT2D eigenvalue weighted by Crippen LogP contribution is 2.28. The number of nitrogens with zero attached hydrogens (tertiary/aromatic N) is 1. The van der Waals surface area contributed by atoms with Crippen LogP contribution in [0, 0.1) is 6.92 Å². The lowest BCUT2D eigenvalue weighted by molar-refractivity contribution is 0.233. The summed E-state index contributed by atoms with van der Waals surface area (Å²) >= 11 is 1.55. The zero-order valence-corrected chi connectivity index (χ0v) is 15.1. The third-order valence-corrected chi connectivity index (χ3v) is 5.07. The van der Waals surface area contributed by atoms with Crippen molar-refractivity contribution in [1.82, 2.24) is 10.7 Å². The first-order valence-electron chi connectivity index (χ1n) is 8.63. The molecule has 0 bridgehead atoms. The number of carbonyl (C=O) groups is 1. The Balaban J connectivity index is 1.46. The van der Waals surface area contributed by atoms with Crippen LogP contribution in [0.25, 0.3) is 0 Å². The molecule has 1 aromatic heterocycles. The van der Waals surface area contributed by atoms with Crippen LogP contribution < -0.4 is 10.7 Å². The molecular formula is C19H23N3O2S. The van der Waals surface area contributed by atoms with E-state index in [1.165, 1.54) is 31.0 Å². The summed E-state index contributed by atoms with van der Waals surface area (Å²) in [6.07, 6.45) is 7.24. The van der Waals surface area contributed by atoms with E-state index in [0.29, 0.717) is 5.76 Å². The highest BCUT2D eigenvalue weighted by molar-refractivity contribution is 7.99. The number of hydrazone groups is 1. The first kappa shape index (κ1) is 17.6. The van der Waals surface area contributed by atoms with Gasteiger partial charge in [-0.2, -0.15) is 5.10 Å². The lowest BCUT2D eigenvalue weighted by atomic mass is 9.96. The molecule has 1 saturated carbocycles. The Morgan fingerprint density at radius 3 is 2.68 bits per heavy atom. The topological polar surface area (TPSA) is 66.6 Å². The van der Waals surface area contributed by atoms with Crippen molar-refractivity contribution < 1.29 is 9.21 Å². The van der Waals surface area contributed by atoms with Crippen LogP contribution in [0.2, 0.25) is 0 Å². The summed E-state index contributed by atoms with van der Waals surface area (Å²) in [5.74, 6) is 0.604. The molecular weight excluding hydrogens is 334 g/mol. The van der Waals surface area contributed by atoms with E-state index in [9.17, 15) is 4.79 Å². The van der Waals surface area contributed by atoms with E-state index >= 15 is 0 Å². The first-order valence-corrected chi connectivity index (χ1v) is 9.44. The van der Waals surface area contributed by atoms with E-state index in [1.54, 1.807) is 11.8 Å². The molecule has 2 aromatic rings. The van der Waals surface area contributed by atoms with E-state index in [2.05, 4.69) is 47.0 Å². The molecule has 1 aromatic carbocycles. The number of hydrogen-bond acceptors (Lipinski definition) is 4. The Morgan fingerprint density at radius 1 is 1.16 bits per heavy atom. The predicted octanol–water partition coefficient (Wildman–Crippen LogP) is 4.71. The van der Waals surface area contributed by atoms with Crippen LogP contribution in [0.3, 0.4) is 0 Å². The van der Waals surface area contributed by atoms with Gasteiger partial charge in [0.2, 0.25) is 0 Å². The summed E-state index contributed by atoms with van der Waals surface area (Å²) in [6, 6.07) is 12.0. The number of rotatable bonds is 5. The minimum Gasteiger partial charge on any atom is -0.448 e. The zero-order valence-electron chi connectivity index (χ0n) is 14.3. The van der Waals surface area contributed by atoms with Gasteiger partial charge in [0.1, 0.15) is 5.76 Å². The molecule has 0 spiro atoms. The van der Waals surface area contributed by atoms with E-state index in [0.717, 1.165) is 22.8 Å². The van der Waals surface area contributed by atoms with E-state index in [4.69, 9.17) is 4.42 Å². The fourth-order valence-corrected chi connectivity index (χ4v) is 3.58. The summed E-state index contributed by atoms with van der Waals surface area (Å²) in [7, 11) is 0. The summed E-state index contributed by atoms with van der Waals surface area (Å²) < 4.78 is 5.69. The summed E-state index contributed by atoms with van der Waals surface area (Å²) in [4.78, 5) is 12.9. The van der Waals surface area contributed by atoms with Crippen molar-refractivity contribution in [2.75, 3.05) is 0 Å². The largest absolute Gasteiger partial charge is 0.448 e. The van der Waals surface area contributed by atoms with E-state index < -0.39 is 0 Å². The van der Waals surface area contributed by atoms with Crippen molar-refractivity contribution in [3.8, 4) is 0 Å². The minimum absolute atomic E-state index is 0.260. The van der Waals surface area contributed by atoms with Gasteiger partial charge in [0.15, 0.2) is 5.09 Å². The molecule has 0 unspecified atom stereocenters. The van der Waals surface area contributed by atoms with Crippen molar-refractivity contribution >= 4 is 24.0 Å². The number of furan rings is 1. The molecule has 6 heteroatoms. The van der Waals surface area contributed by atoms with Gasteiger partial charge >= 0.3 is 6.03 Å². The quantitative estimate of drug-likeness (QED) is 0.602. The molecule has 132 valence electrons. The van der Waals surface area contributed by atoms with Crippen molar-refractivity contribution in [2.24, 2.45) is 5.10 Å². The minimum atomic E-state index is -0.260. The lowest BCUT2D eigenvalue weighted by Crippen LogP contribution is -2.41. The summed E-state index contributed by atoms with van der Waals surface area (Å²) in [5, 5.41) is 7.69. The predicted molar refractivity (Wildman–Crippen MR) is 100 cm³/mol. The summed E-state index contributed by atoms with van der Waals surface area (Å²) in [6.45, 7) is 2.06. The van der Waals surface area contributed by atoms with Gasteiger partial charge in [0.25, 0.3) is 0 Å². The summed E-state index contributed by atoms with van der Waals surface area (Å²) in [5.41, 5.74) is 3.73. The number of hydrogen-bond donors (Lipinski definition) is 2. The smallest absolute Gasteiger partial charge is 0.335 e. The second-order valence-electron chi connectivity index (χ2n) is 6.25. The number of benzene rings is 1. The zero-order chi connectivity index (χ0) is 17.5. The second-order valence-corrected chi connectivity index (χ2v) is 7.33. The van der Waals surface area contributed by atoms with E-state index in [1.807, 2.05) is 12.1 Å². The lowest BCUT2D eigenvalue weighted by Gasteiger charge is -2.22. The fourth-order valence-electron chi connectivity index (χ4n) is 2.80. The number of carbonyl (C=O) groups excluding carboxylic acids is 1. The van der Waals surface area contributed by atoms with Crippen LogP contribution in [0.1, 0.15) is 43.4 Å². The van der Waals surface area contributed by atoms with Crippen LogP contribution in [0.5, 0.6) is 0 Å². The normalized spacial score (nSPS) is 15.4. The molecule has 1 aliphatic rings. The van der Waals surface area contributed by atoms with Gasteiger partial charge in [-0.15, -0.1) is 0 Å². The van der Waals surface area contributed by atoms with Gasteiger partial charge in [-0.3, -0.25) is 0 Å². The maximum atomic E-state index is 11.8. The van der Waals surface area contributed by atoms with Gasteiger partial charge in [0.05, 0.1) is 6.21 Å². The molecule has 1 fully saturated rings. The van der Waals surface area contributed by atoms with Crippen molar-refractivity contribution in [3.63, 3.8) is 0 Å². The molecule has 0 atom stereocenters. The van der Waals surface area contributed by atoms with Crippen molar-refractivity contribution in [2.45, 2.75) is 55.1 Å². The highest BCUT2D eigenvalue weighted by atomic mass is 32.2. The molecule has 2 amide bonds. The van der Waals surface area contributed by atoms with Crippen LogP contribution in [0.15, 0.2) is 55.9 Å². The molecule has 3 rings (SSSR count). The highest BCUT2D eigenvalue weighted by Gasteiger charge is 2.14. The standard InChI is InChI=1S/C19H23N3O2S/c1-14-7-10-17(11-8-14)25-18-12-9-16(24-18)13-20-22-19(23)21-15-5-3-2-4-6-15/h7-13,15H,2-6H2,1H3,(H2,21,22,23). The van der Waals surface area contributed by atoms with Crippen LogP contribution in [0.4, 0.5) is 4.79 Å². The number of amides is 2. The van der Waals surface area contributed by atoms with E-state index in [-0.39, 0.29) is 12.1 Å². The Morgan fingerprint density at radius 2 is 1.92 bits per heavy atom. The Labute approximate surface area is 152 Å². The first-order chi connectivity index (χ1) is 12.2. The van der Waals surface area contributed by atoms with Gasteiger partial charge in [0, 0.05) is 10.9 Å². The van der Waals surface area contributed by atoms with Gasteiger partial charge in [-0.25, -0.2) is 10.2 Å². The Kier molecular flexibility index (Phi) is 6.17. The number of nitrogens with one attached hydrogen (secondary N) is 2. The number of urea groups is 1. The molecule has 5 nitrogen and oxygen atoms in total. The van der Waals surface area contributed by atoms with Crippen molar-refractivity contribution in [1.29, 1.82) is 0 Å². The molecule has 0 aliphatic heterocycles. The average molecular weight is 357 g/mol. The van der Waals surface area contributed by atoms with Gasteiger partial charge in [-0.05, 0) is 44.0 Å². The molecule has 2 N–H and O–H groups in total. The SMILES string of the molecule is Cc1ccc(Sc2ccc(C=NNC(=O)NC3CCCCC3)o2)cc1. The molecule has 1 aliphatic carbocycles. The Bertz CT molecular complexity index is 719. The Hall–Kier alpha value is -2.21. The third-order valence-electron chi connectivity index (χ3n) is 4.14. The van der Waals surface area contributed by atoms with Gasteiger partial charge in [-0.1, -0.05) is 48.7 Å². The fraction of sp³-hybridized carbons (Fsp3) is 0.368. The average Bonchev–Trinajstić information content (AvgIpc) is 3.05. The second kappa shape index (κ2) is 8.76. The molecule has 25 heavy (non-hydrogen) atoms. The number of aryl methyl sites for hydroxylation is 1. The maximum absolute atomic E-state index is 11.8. The van der Waals surface area contributed by atoms with Crippen molar-refractivity contribution in [3.05, 3.63) is 47.7 Å².